The lowest BCUT2D eigenvalue weighted by molar-refractivity contribution is 0.100. The van der Waals surface area contributed by atoms with Gasteiger partial charge in [0.1, 0.15) is 5.82 Å². The predicted molar refractivity (Wildman–Crippen MR) is 70.4 cm³/mol. The molecule has 17 heavy (non-hydrogen) atoms. The maximum atomic E-state index is 13.7. The van der Waals surface area contributed by atoms with E-state index < -0.39 is 0 Å². The number of halogens is 2. The van der Waals surface area contributed by atoms with Gasteiger partial charge in [0.15, 0.2) is 0 Å². The molecule has 1 saturated carbocycles. The lowest BCUT2D eigenvalue weighted by Gasteiger charge is -2.20. The normalized spacial score (nSPS) is 25.6. The molecule has 0 saturated heterocycles. The van der Waals surface area contributed by atoms with Crippen molar-refractivity contribution in [3.8, 4) is 0 Å². The summed E-state index contributed by atoms with van der Waals surface area (Å²) in [6.07, 6.45) is 5.68. The molecule has 0 radical (unpaired) electrons. The molecule has 94 valence electrons. The Morgan fingerprint density at radius 1 is 1.24 bits per heavy atom. The number of aliphatic hydroxyl groups excluding tert-OH is 1. The Hall–Kier alpha value is -0.410. The first-order valence-corrected chi connectivity index (χ1v) is 7.08. The molecule has 1 aromatic carbocycles. The molecule has 0 bridgehead atoms. The maximum absolute atomic E-state index is 13.7. The van der Waals surface area contributed by atoms with Crippen LogP contribution in [-0.4, -0.2) is 11.2 Å². The molecule has 1 nitrogen and oxygen atoms in total. The van der Waals surface area contributed by atoms with Crippen molar-refractivity contribution in [1.82, 2.24) is 0 Å². The van der Waals surface area contributed by atoms with Crippen LogP contribution in [0.1, 0.15) is 37.7 Å². The zero-order valence-corrected chi connectivity index (χ0v) is 11.4. The summed E-state index contributed by atoms with van der Waals surface area (Å²) in [5, 5.41) is 10.0. The minimum atomic E-state index is -0.268. The van der Waals surface area contributed by atoms with E-state index in [4.69, 9.17) is 0 Å². The molecule has 0 heterocycles. The molecule has 1 aliphatic carbocycles. The third-order valence-corrected chi connectivity index (χ3v) is 4.10. The third-order valence-electron chi connectivity index (χ3n) is 3.61. The number of benzene rings is 1. The summed E-state index contributed by atoms with van der Waals surface area (Å²) in [6.45, 7) is 0. The molecular weight excluding hydrogens is 283 g/mol. The zero-order chi connectivity index (χ0) is 12.3. The molecule has 0 spiro atoms. The molecule has 1 aliphatic rings. The molecule has 1 N–H and O–H groups in total. The molecule has 2 atom stereocenters. The van der Waals surface area contributed by atoms with Gasteiger partial charge in [-0.05, 0) is 48.9 Å². The fourth-order valence-corrected chi connectivity index (χ4v) is 2.99. The first kappa shape index (κ1) is 13.0. The van der Waals surface area contributed by atoms with Crippen molar-refractivity contribution in [2.24, 2.45) is 5.92 Å². The lowest BCUT2D eigenvalue weighted by atomic mass is 9.90. The van der Waals surface area contributed by atoms with Crippen LogP contribution >= 0.6 is 15.9 Å². The summed E-state index contributed by atoms with van der Waals surface area (Å²) in [7, 11) is 0. The summed E-state index contributed by atoms with van der Waals surface area (Å²) in [5.74, 6) is 0.0472. The van der Waals surface area contributed by atoms with Crippen molar-refractivity contribution in [1.29, 1.82) is 0 Å². The van der Waals surface area contributed by atoms with Gasteiger partial charge in [-0.15, -0.1) is 0 Å². The molecule has 0 amide bonds. The second kappa shape index (κ2) is 5.96. The van der Waals surface area contributed by atoms with Gasteiger partial charge in [0.2, 0.25) is 0 Å². The smallest absolute Gasteiger partial charge is 0.126 e. The second-order valence-electron chi connectivity index (χ2n) is 4.91. The number of hydrogen-bond acceptors (Lipinski definition) is 1. The van der Waals surface area contributed by atoms with Crippen molar-refractivity contribution in [3.05, 3.63) is 34.1 Å². The van der Waals surface area contributed by atoms with Crippen LogP contribution in [0.25, 0.3) is 0 Å². The SMILES string of the molecule is OC1CCCCCC1Cc1cc(Br)ccc1F. The Balaban J connectivity index is 2.10. The molecule has 0 aromatic heterocycles. The van der Waals surface area contributed by atoms with Gasteiger partial charge >= 0.3 is 0 Å². The van der Waals surface area contributed by atoms with E-state index in [-0.39, 0.29) is 17.8 Å². The van der Waals surface area contributed by atoms with Crippen LogP contribution in [0, 0.1) is 11.7 Å². The molecular formula is C14H18BrFO. The monoisotopic (exact) mass is 300 g/mol. The van der Waals surface area contributed by atoms with Crippen LogP contribution in [-0.2, 0) is 6.42 Å². The van der Waals surface area contributed by atoms with Crippen LogP contribution in [0.5, 0.6) is 0 Å². The number of rotatable bonds is 2. The van der Waals surface area contributed by atoms with E-state index in [1.54, 1.807) is 6.07 Å². The first-order valence-electron chi connectivity index (χ1n) is 6.29. The largest absolute Gasteiger partial charge is 0.393 e. The molecule has 1 aromatic rings. The highest BCUT2D eigenvalue weighted by Gasteiger charge is 2.22. The van der Waals surface area contributed by atoms with E-state index in [1.807, 2.05) is 6.07 Å². The highest BCUT2D eigenvalue weighted by Crippen LogP contribution is 2.28. The van der Waals surface area contributed by atoms with Gasteiger partial charge in [0, 0.05) is 4.47 Å². The summed E-state index contributed by atoms with van der Waals surface area (Å²) in [6, 6.07) is 5.03. The van der Waals surface area contributed by atoms with Crippen molar-refractivity contribution < 1.29 is 9.50 Å². The van der Waals surface area contributed by atoms with Crippen LogP contribution < -0.4 is 0 Å². The number of hydrogen-bond donors (Lipinski definition) is 1. The molecule has 2 unspecified atom stereocenters. The summed E-state index contributed by atoms with van der Waals surface area (Å²) in [4.78, 5) is 0. The zero-order valence-electron chi connectivity index (χ0n) is 9.83. The first-order chi connectivity index (χ1) is 8.16. The van der Waals surface area contributed by atoms with Gasteiger partial charge in [-0.3, -0.25) is 0 Å². The van der Waals surface area contributed by atoms with Crippen molar-refractivity contribution in [2.45, 2.75) is 44.6 Å². The molecule has 2 rings (SSSR count). The lowest BCUT2D eigenvalue weighted by Crippen LogP contribution is -2.21. The Morgan fingerprint density at radius 2 is 2.00 bits per heavy atom. The maximum Gasteiger partial charge on any atom is 0.126 e. The van der Waals surface area contributed by atoms with E-state index in [0.717, 1.165) is 30.2 Å². The highest BCUT2D eigenvalue weighted by molar-refractivity contribution is 9.10. The Morgan fingerprint density at radius 3 is 2.82 bits per heavy atom. The van der Waals surface area contributed by atoms with Crippen LogP contribution in [0.2, 0.25) is 0 Å². The standard InChI is InChI=1S/C14H18BrFO/c15-12-6-7-13(16)11(9-12)8-10-4-2-1-3-5-14(10)17/h6-7,9-10,14,17H,1-5,8H2. The van der Waals surface area contributed by atoms with Crippen LogP contribution in [0.3, 0.4) is 0 Å². The predicted octanol–water partition coefficient (Wildman–Crippen LogP) is 4.07. The molecule has 3 heteroatoms. The minimum Gasteiger partial charge on any atom is -0.393 e. The van der Waals surface area contributed by atoms with Crippen LogP contribution in [0.4, 0.5) is 4.39 Å². The fourth-order valence-electron chi connectivity index (χ4n) is 2.59. The average Bonchev–Trinajstić information content (AvgIpc) is 2.50. The summed E-state index contributed by atoms with van der Waals surface area (Å²) in [5.41, 5.74) is 0.713. The quantitative estimate of drug-likeness (QED) is 0.816. The van der Waals surface area contributed by atoms with E-state index in [0.29, 0.717) is 12.0 Å². The summed E-state index contributed by atoms with van der Waals surface area (Å²) >= 11 is 3.36. The van der Waals surface area contributed by atoms with Gasteiger partial charge in [0.25, 0.3) is 0 Å². The highest BCUT2D eigenvalue weighted by atomic mass is 79.9. The van der Waals surface area contributed by atoms with Gasteiger partial charge in [-0.1, -0.05) is 35.2 Å². The third kappa shape index (κ3) is 3.52. The van der Waals surface area contributed by atoms with Gasteiger partial charge < -0.3 is 5.11 Å². The Kier molecular flexibility index (Phi) is 4.57. The van der Waals surface area contributed by atoms with Crippen molar-refractivity contribution >= 4 is 15.9 Å². The second-order valence-corrected chi connectivity index (χ2v) is 5.82. The average molecular weight is 301 g/mol. The Labute approximate surface area is 110 Å². The minimum absolute atomic E-state index is 0.162. The van der Waals surface area contributed by atoms with Gasteiger partial charge in [-0.25, -0.2) is 4.39 Å². The van der Waals surface area contributed by atoms with E-state index in [9.17, 15) is 9.50 Å². The summed E-state index contributed by atoms with van der Waals surface area (Å²) < 4.78 is 14.6. The topological polar surface area (TPSA) is 20.2 Å². The fraction of sp³-hybridized carbons (Fsp3) is 0.571. The molecule has 0 aliphatic heterocycles. The Bertz CT molecular complexity index is 380. The van der Waals surface area contributed by atoms with Crippen molar-refractivity contribution in [2.75, 3.05) is 0 Å². The molecule has 1 fully saturated rings. The van der Waals surface area contributed by atoms with E-state index in [1.165, 1.54) is 12.5 Å². The van der Waals surface area contributed by atoms with Gasteiger partial charge in [-0.2, -0.15) is 0 Å². The van der Waals surface area contributed by atoms with Gasteiger partial charge in [0.05, 0.1) is 6.10 Å². The van der Waals surface area contributed by atoms with Crippen LogP contribution in [0.15, 0.2) is 22.7 Å². The number of aliphatic hydroxyl groups is 1. The van der Waals surface area contributed by atoms with E-state index >= 15 is 0 Å². The van der Waals surface area contributed by atoms with E-state index in [2.05, 4.69) is 15.9 Å². The van der Waals surface area contributed by atoms with Crippen molar-refractivity contribution in [3.63, 3.8) is 0 Å².